The predicted molar refractivity (Wildman–Crippen MR) is 75.7 cm³/mol. The lowest BCUT2D eigenvalue weighted by Gasteiger charge is -2.43. The molecule has 1 aromatic rings. The van der Waals surface area contributed by atoms with E-state index in [2.05, 4.69) is 37.8 Å². The molecule has 2 rings (SSSR count). The third-order valence-electron chi connectivity index (χ3n) is 4.49. The zero-order valence-electron chi connectivity index (χ0n) is 11.8. The van der Waals surface area contributed by atoms with Gasteiger partial charge in [0.2, 0.25) is 0 Å². The van der Waals surface area contributed by atoms with Crippen molar-refractivity contribution in [1.82, 2.24) is 4.90 Å². The largest absolute Gasteiger partial charge is 0.508 e. The number of phenolic OH excluding ortho intramolecular Hbond substituents is 1. The number of benzene rings is 1. The van der Waals surface area contributed by atoms with Gasteiger partial charge in [0.25, 0.3) is 0 Å². The van der Waals surface area contributed by atoms with Gasteiger partial charge in [-0.15, -0.1) is 0 Å². The third kappa shape index (κ3) is 2.69. The molecule has 3 unspecified atom stereocenters. The van der Waals surface area contributed by atoms with E-state index in [1.807, 2.05) is 0 Å². The number of likely N-dealkylation sites (tertiary alicyclic amines) is 1. The summed E-state index contributed by atoms with van der Waals surface area (Å²) in [5, 5.41) is 9.40. The van der Waals surface area contributed by atoms with E-state index >= 15 is 0 Å². The molecule has 100 valence electrons. The number of phenols is 1. The molecule has 1 fully saturated rings. The molecule has 1 N–H and O–H groups in total. The Morgan fingerprint density at radius 3 is 2.56 bits per heavy atom. The molecule has 0 radical (unpaired) electrons. The number of aromatic hydroxyl groups is 1. The normalized spacial score (nSPS) is 27.1. The lowest BCUT2D eigenvalue weighted by atomic mass is 9.88. The Kier molecular flexibility index (Phi) is 4.28. The second kappa shape index (κ2) is 5.75. The van der Waals surface area contributed by atoms with E-state index in [0.717, 1.165) is 12.3 Å². The number of hydrogen-bond acceptors (Lipinski definition) is 2. The van der Waals surface area contributed by atoms with Gasteiger partial charge in [-0.1, -0.05) is 26.0 Å². The summed E-state index contributed by atoms with van der Waals surface area (Å²) >= 11 is 0. The molecule has 3 atom stereocenters. The Bertz CT molecular complexity index is 373. The molecule has 0 bridgehead atoms. The summed E-state index contributed by atoms with van der Waals surface area (Å²) in [6.45, 7) is 8.17. The van der Waals surface area contributed by atoms with Crippen molar-refractivity contribution in [2.24, 2.45) is 5.92 Å². The minimum Gasteiger partial charge on any atom is -0.508 e. The first kappa shape index (κ1) is 13.4. The summed E-state index contributed by atoms with van der Waals surface area (Å²) in [7, 11) is 0. The Balaban J connectivity index is 2.19. The highest BCUT2D eigenvalue weighted by atomic mass is 16.3. The van der Waals surface area contributed by atoms with E-state index in [-0.39, 0.29) is 0 Å². The highest BCUT2D eigenvalue weighted by Gasteiger charge is 2.30. The molecule has 2 heteroatoms. The molecule has 18 heavy (non-hydrogen) atoms. The first-order valence-electron chi connectivity index (χ1n) is 7.18. The van der Waals surface area contributed by atoms with Crippen LogP contribution in [0.15, 0.2) is 24.3 Å². The van der Waals surface area contributed by atoms with E-state index in [4.69, 9.17) is 0 Å². The Hall–Kier alpha value is -1.02. The van der Waals surface area contributed by atoms with Gasteiger partial charge in [0.15, 0.2) is 0 Å². The van der Waals surface area contributed by atoms with E-state index in [1.54, 1.807) is 12.1 Å². The first-order valence-corrected chi connectivity index (χ1v) is 7.18. The SMILES string of the molecule is CCC(c1ccc(O)cc1)N1CCCC(C)C1C. The summed E-state index contributed by atoms with van der Waals surface area (Å²) in [5.74, 6) is 1.14. The first-order chi connectivity index (χ1) is 8.63. The summed E-state index contributed by atoms with van der Waals surface area (Å²) in [6.07, 6.45) is 3.78. The number of hydrogen-bond donors (Lipinski definition) is 1. The van der Waals surface area contributed by atoms with E-state index in [0.29, 0.717) is 17.8 Å². The molecule has 1 aliphatic heterocycles. The van der Waals surface area contributed by atoms with Crippen LogP contribution in [0.5, 0.6) is 5.75 Å². The molecule has 1 aliphatic rings. The molecule has 0 amide bonds. The molecular formula is C16H25NO. The van der Waals surface area contributed by atoms with Gasteiger partial charge in [-0.2, -0.15) is 0 Å². The molecule has 1 saturated heterocycles. The number of piperidine rings is 1. The minimum atomic E-state index is 0.355. The zero-order valence-corrected chi connectivity index (χ0v) is 11.8. The summed E-state index contributed by atoms with van der Waals surface area (Å²) < 4.78 is 0. The van der Waals surface area contributed by atoms with Crippen molar-refractivity contribution in [2.75, 3.05) is 6.54 Å². The fourth-order valence-corrected chi connectivity index (χ4v) is 3.17. The van der Waals surface area contributed by atoms with E-state index in [9.17, 15) is 5.11 Å². The van der Waals surface area contributed by atoms with Gasteiger partial charge in [0, 0.05) is 12.1 Å². The molecule has 1 aromatic carbocycles. The third-order valence-corrected chi connectivity index (χ3v) is 4.49. The standard InChI is InChI=1S/C16H25NO/c1-4-16(14-7-9-15(18)10-8-14)17-11-5-6-12(2)13(17)3/h7-10,12-13,16,18H,4-6,11H2,1-3H3. The van der Waals surface area contributed by atoms with Gasteiger partial charge in [-0.05, 0) is 56.3 Å². The highest BCUT2D eigenvalue weighted by Crippen LogP contribution is 2.33. The fraction of sp³-hybridized carbons (Fsp3) is 0.625. The van der Waals surface area contributed by atoms with Gasteiger partial charge < -0.3 is 5.11 Å². The minimum absolute atomic E-state index is 0.355. The van der Waals surface area contributed by atoms with E-state index < -0.39 is 0 Å². The van der Waals surface area contributed by atoms with Gasteiger partial charge in [-0.3, -0.25) is 4.90 Å². The van der Waals surface area contributed by atoms with Crippen molar-refractivity contribution in [3.8, 4) is 5.75 Å². The summed E-state index contributed by atoms with van der Waals surface area (Å²) in [5.41, 5.74) is 1.33. The van der Waals surface area contributed by atoms with Crippen LogP contribution in [0.1, 0.15) is 51.6 Å². The quantitative estimate of drug-likeness (QED) is 0.873. The van der Waals surface area contributed by atoms with Crippen LogP contribution in [0.2, 0.25) is 0 Å². The van der Waals surface area contributed by atoms with Crippen LogP contribution in [0, 0.1) is 5.92 Å². The van der Waals surface area contributed by atoms with Crippen molar-refractivity contribution in [2.45, 2.75) is 52.1 Å². The Labute approximate surface area is 111 Å². The van der Waals surface area contributed by atoms with Crippen molar-refractivity contribution >= 4 is 0 Å². The van der Waals surface area contributed by atoms with Crippen molar-refractivity contribution < 1.29 is 5.11 Å². The van der Waals surface area contributed by atoms with E-state index in [1.165, 1.54) is 24.9 Å². The molecule has 1 heterocycles. The van der Waals surface area contributed by atoms with Gasteiger partial charge in [-0.25, -0.2) is 0 Å². The molecule has 0 spiro atoms. The van der Waals surface area contributed by atoms with Crippen LogP contribution < -0.4 is 0 Å². The predicted octanol–water partition coefficient (Wildman–Crippen LogP) is 3.96. The van der Waals surface area contributed by atoms with Crippen molar-refractivity contribution in [3.63, 3.8) is 0 Å². The van der Waals surface area contributed by atoms with Crippen LogP contribution in [0.25, 0.3) is 0 Å². The highest BCUT2D eigenvalue weighted by molar-refractivity contribution is 5.28. The summed E-state index contributed by atoms with van der Waals surface area (Å²) in [6, 6.07) is 8.87. The second-order valence-corrected chi connectivity index (χ2v) is 5.61. The second-order valence-electron chi connectivity index (χ2n) is 5.61. The monoisotopic (exact) mass is 247 g/mol. The van der Waals surface area contributed by atoms with Crippen molar-refractivity contribution in [3.05, 3.63) is 29.8 Å². The topological polar surface area (TPSA) is 23.5 Å². The van der Waals surface area contributed by atoms with Crippen LogP contribution >= 0.6 is 0 Å². The van der Waals surface area contributed by atoms with Gasteiger partial charge in [0.1, 0.15) is 5.75 Å². The fourth-order valence-electron chi connectivity index (χ4n) is 3.17. The summed E-state index contributed by atoms with van der Waals surface area (Å²) in [4.78, 5) is 2.64. The lowest BCUT2D eigenvalue weighted by Crippen LogP contribution is -2.44. The molecule has 0 aliphatic carbocycles. The van der Waals surface area contributed by atoms with Gasteiger partial charge >= 0.3 is 0 Å². The molecule has 2 nitrogen and oxygen atoms in total. The maximum atomic E-state index is 9.40. The Morgan fingerprint density at radius 2 is 1.94 bits per heavy atom. The molecular weight excluding hydrogens is 222 g/mol. The van der Waals surface area contributed by atoms with Crippen LogP contribution in [0.3, 0.4) is 0 Å². The average molecular weight is 247 g/mol. The van der Waals surface area contributed by atoms with Crippen LogP contribution in [0.4, 0.5) is 0 Å². The zero-order chi connectivity index (χ0) is 13.1. The van der Waals surface area contributed by atoms with Crippen LogP contribution in [-0.2, 0) is 0 Å². The number of rotatable bonds is 3. The maximum absolute atomic E-state index is 9.40. The average Bonchev–Trinajstić information content (AvgIpc) is 2.37. The van der Waals surface area contributed by atoms with Gasteiger partial charge in [0.05, 0.1) is 0 Å². The van der Waals surface area contributed by atoms with Crippen LogP contribution in [-0.4, -0.2) is 22.6 Å². The molecule has 0 aromatic heterocycles. The maximum Gasteiger partial charge on any atom is 0.115 e. The van der Waals surface area contributed by atoms with Crippen molar-refractivity contribution in [1.29, 1.82) is 0 Å². The number of nitrogens with zero attached hydrogens (tertiary/aromatic N) is 1. The lowest BCUT2D eigenvalue weighted by molar-refractivity contribution is 0.0655. The Morgan fingerprint density at radius 1 is 1.28 bits per heavy atom. The molecule has 0 saturated carbocycles. The smallest absolute Gasteiger partial charge is 0.115 e.